The van der Waals surface area contributed by atoms with E-state index in [0.717, 1.165) is 45.6 Å². The van der Waals surface area contributed by atoms with E-state index in [1.54, 1.807) is 22.7 Å². The van der Waals surface area contributed by atoms with Crippen molar-refractivity contribution < 1.29 is 4.79 Å². The highest BCUT2D eigenvalue weighted by Gasteiger charge is 2.67. The molecule has 2 aliphatic rings. The highest BCUT2D eigenvalue weighted by Crippen LogP contribution is 2.66. The number of hydrogen-bond acceptors (Lipinski definition) is 3. The Bertz CT molecular complexity index is 1460. The third-order valence-electron chi connectivity index (χ3n) is 6.96. The molecule has 1 aliphatic heterocycles. The maximum absolute atomic E-state index is 13.3. The van der Waals surface area contributed by atoms with E-state index in [9.17, 15) is 9.59 Å². The molecular formula is C25H22N4O2. The minimum Gasteiger partial charge on any atom is -0.349 e. The molecule has 31 heavy (non-hydrogen) atoms. The van der Waals surface area contributed by atoms with Gasteiger partial charge in [0.2, 0.25) is 5.91 Å². The van der Waals surface area contributed by atoms with E-state index >= 15 is 0 Å². The number of anilines is 1. The predicted molar refractivity (Wildman–Crippen MR) is 120 cm³/mol. The van der Waals surface area contributed by atoms with E-state index in [4.69, 9.17) is 0 Å². The number of aromatic nitrogens is 3. The summed E-state index contributed by atoms with van der Waals surface area (Å²) < 4.78 is 1.61. The van der Waals surface area contributed by atoms with Crippen molar-refractivity contribution in [3.8, 4) is 11.4 Å². The van der Waals surface area contributed by atoms with Crippen LogP contribution in [0.15, 0.2) is 59.7 Å². The molecular weight excluding hydrogens is 388 g/mol. The van der Waals surface area contributed by atoms with E-state index in [2.05, 4.69) is 16.0 Å². The normalized spacial score (nSPS) is 21.8. The number of benzene rings is 1. The predicted octanol–water partition coefficient (Wildman–Crippen LogP) is 3.64. The maximum Gasteiger partial charge on any atom is 0.274 e. The lowest BCUT2D eigenvalue weighted by Gasteiger charge is -2.12. The summed E-state index contributed by atoms with van der Waals surface area (Å²) in [7, 11) is 3.61. The van der Waals surface area contributed by atoms with Crippen molar-refractivity contribution in [2.45, 2.75) is 24.7 Å². The van der Waals surface area contributed by atoms with Gasteiger partial charge in [0.05, 0.1) is 16.8 Å². The number of aryl methyl sites for hydroxylation is 2. The molecule has 0 saturated heterocycles. The van der Waals surface area contributed by atoms with Gasteiger partial charge in [0.1, 0.15) is 5.52 Å². The van der Waals surface area contributed by atoms with E-state index in [-0.39, 0.29) is 17.4 Å². The second-order valence-electron chi connectivity index (χ2n) is 8.80. The lowest BCUT2D eigenvalue weighted by molar-refractivity contribution is -0.120. The summed E-state index contributed by atoms with van der Waals surface area (Å²) in [5.74, 6) is 0.173. The van der Waals surface area contributed by atoms with Crippen molar-refractivity contribution in [1.82, 2.24) is 14.5 Å². The number of pyridine rings is 2. The number of aromatic amines is 1. The Morgan fingerprint density at radius 3 is 2.74 bits per heavy atom. The fourth-order valence-electron chi connectivity index (χ4n) is 5.30. The first-order valence-electron chi connectivity index (χ1n) is 10.4. The van der Waals surface area contributed by atoms with Gasteiger partial charge in [-0.3, -0.25) is 14.6 Å². The summed E-state index contributed by atoms with van der Waals surface area (Å²) in [6, 6.07) is 14.0. The molecule has 1 fully saturated rings. The molecule has 3 aromatic heterocycles. The van der Waals surface area contributed by atoms with Crippen LogP contribution >= 0.6 is 0 Å². The molecule has 1 aromatic carbocycles. The van der Waals surface area contributed by atoms with E-state index in [1.165, 1.54) is 0 Å². The molecule has 0 bridgehead atoms. The van der Waals surface area contributed by atoms with Crippen LogP contribution in [0.1, 0.15) is 29.0 Å². The van der Waals surface area contributed by atoms with E-state index in [0.29, 0.717) is 5.52 Å². The van der Waals surface area contributed by atoms with Gasteiger partial charge in [-0.05, 0) is 54.3 Å². The van der Waals surface area contributed by atoms with Crippen molar-refractivity contribution in [1.29, 1.82) is 0 Å². The third-order valence-corrected chi connectivity index (χ3v) is 6.96. The van der Waals surface area contributed by atoms with Crippen molar-refractivity contribution in [3.05, 3.63) is 81.9 Å². The SMILES string of the molecule is Cc1ccnc(-c2cc3c([C@@H]4C[C@@]45C(=O)N(C)c4ccccc45)cn(C)c(=O)c3[nH]2)c1. The van der Waals surface area contributed by atoms with Crippen LogP contribution < -0.4 is 10.5 Å². The Morgan fingerprint density at radius 1 is 1.13 bits per heavy atom. The van der Waals surface area contributed by atoms with Gasteiger partial charge in [0.15, 0.2) is 0 Å². The Hall–Kier alpha value is -3.67. The van der Waals surface area contributed by atoms with Crippen molar-refractivity contribution in [2.24, 2.45) is 7.05 Å². The van der Waals surface area contributed by atoms with Crippen LogP contribution in [0.25, 0.3) is 22.3 Å². The smallest absolute Gasteiger partial charge is 0.274 e. The van der Waals surface area contributed by atoms with Crippen LogP contribution in [-0.4, -0.2) is 27.5 Å². The zero-order valence-electron chi connectivity index (χ0n) is 17.6. The van der Waals surface area contributed by atoms with Gasteiger partial charge in [-0.15, -0.1) is 0 Å². The lowest BCUT2D eigenvalue weighted by atomic mass is 9.91. The Morgan fingerprint density at radius 2 is 1.94 bits per heavy atom. The largest absolute Gasteiger partial charge is 0.349 e. The van der Waals surface area contributed by atoms with Gasteiger partial charge < -0.3 is 14.5 Å². The number of likely N-dealkylation sites (N-methyl/N-ethyl adjacent to an activating group) is 1. The molecule has 0 radical (unpaired) electrons. The number of H-pyrrole nitrogens is 1. The first-order valence-corrected chi connectivity index (χ1v) is 10.4. The van der Waals surface area contributed by atoms with Crippen molar-refractivity contribution >= 4 is 22.5 Å². The average molecular weight is 410 g/mol. The number of amides is 1. The monoisotopic (exact) mass is 410 g/mol. The van der Waals surface area contributed by atoms with Crippen LogP contribution in [0, 0.1) is 6.92 Å². The van der Waals surface area contributed by atoms with E-state index in [1.807, 2.05) is 56.6 Å². The number of fused-ring (bicyclic) bond motifs is 3. The molecule has 0 unspecified atom stereocenters. The average Bonchev–Trinajstić information content (AvgIpc) is 3.29. The topological polar surface area (TPSA) is 71.0 Å². The highest BCUT2D eigenvalue weighted by atomic mass is 16.2. The molecule has 1 aliphatic carbocycles. The summed E-state index contributed by atoms with van der Waals surface area (Å²) in [6.07, 6.45) is 4.43. The summed E-state index contributed by atoms with van der Waals surface area (Å²) in [4.78, 5) is 35.8. The molecule has 4 aromatic rings. The molecule has 154 valence electrons. The van der Waals surface area contributed by atoms with Crippen molar-refractivity contribution in [2.75, 3.05) is 11.9 Å². The Labute approximate surface area is 179 Å². The molecule has 1 N–H and O–H groups in total. The number of nitrogens with zero attached hydrogens (tertiary/aromatic N) is 3. The first-order chi connectivity index (χ1) is 14.9. The molecule has 1 amide bonds. The third kappa shape index (κ3) is 2.30. The molecule has 1 spiro atoms. The first kappa shape index (κ1) is 18.1. The quantitative estimate of drug-likeness (QED) is 0.548. The summed E-state index contributed by atoms with van der Waals surface area (Å²) >= 11 is 0. The Kier molecular flexibility index (Phi) is 3.47. The second-order valence-corrected chi connectivity index (χ2v) is 8.80. The second kappa shape index (κ2) is 5.94. The fraction of sp³-hybridized carbons (Fsp3) is 0.240. The maximum atomic E-state index is 13.3. The number of carbonyl (C=O) groups excluding carboxylic acids is 1. The molecule has 1 saturated carbocycles. The number of hydrogen-bond donors (Lipinski definition) is 1. The molecule has 6 rings (SSSR count). The summed E-state index contributed by atoms with van der Waals surface area (Å²) in [6.45, 7) is 2.02. The molecule has 6 heteroatoms. The van der Waals surface area contributed by atoms with Crippen LogP contribution in [0.5, 0.6) is 0 Å². The van der Waals surface area contributed by atoms with Gasteiger partial charge in [0, 0.05) is 43.5 Å². The van der Waals surface area contributed by atoms with Crippen LogP contribution in [-0.2, 0) is 17.3 Å². The number of nitrogens with one attached hydrogen (secondary N) is 1. The summed E-state index contributed by atoms with van der Waals surface area (Å²) in [5.41, 5.74) is 5.77. The van der Waals surface area contributed by atoms with Gasteiger partial charge in [-0.2, -0.15) is 0 Å². The molecule has 4 heterocycles. The molecule has 6 nitrogen and oxygen atoms in total. The van der Waals surface area contributed by atoms with Crippen LogP contribution in [0.2, 0.25) is 0 Å². The van der Waals surface area contributed by atoms with Crippen LogP contribution in [0.4, 0.5) is 5.69 Å². The van der Waals surface area contributed by atoms with Gasteiger partial charge >= 0.3 is 0 Å². The zero-order valence-corrected chi connectivity index (χ0v) is 17.6. The number of rotatable bonds is 2. The van der Waals surface area contributed by atoms with Gasteiger partial charge in [-0.25, -0.2) is 0 Å². The van der Waals surface area contributed by atoms with Gasteiger partial charge in [0.25, 0.3) is 5.56 Å². The summed E-state index contributed by atoms with van der Waals surface area (Å²) in [5, 5.41) is 0.878. The standard InChI is InChI=1S/C25H22N4O2/c1-14-8-9-26-19(10-14)20-11-15-16(13-28(2)23(30)22(15)27-20)18-12-25(18)17-6-4-5-7-21(17)29(3)24(25)31/h4-11,13,18,27H,12H2,1-3H3/t18-,25-/m0/s1. The van der Waals surface area contributed by atoms with Crippen LogP contribution in [0.3, 0.4) is 0 Å². The Balaban J connectivity index is 1.55. The molecule has 2 atom stereocenters. The number of para-hydroxylation sites is 1. The van der Waals surface area contributed by atoms with E-state index < -0.39 is 5.41 Å². The van der Waals surface area contributed by atoms with Crippen molar-refractivity contribution in [3.63, 3.8) is 0 Å². The highest BCUT2D eigenvalue weighted by molar-refractivity contribution is 6.11. The fourth-order valence-corrected chi connectivity index (χ4v) is 5.30. The minimum absolute atomic E-state index is 0.0366. The number of carbonyl (C=O) groups is 1. The zero-order chi connectivity index (χ0) is 21.5. The lowest BCUT2D eigenvalue weighted by Crippen LogP contribution is -2.29. The minimum atomic E-state index is -0.533. The van der Waals surface area contributed by atoms with Gasteiger partial charge in [-0.1, -0.05) is 18.2 Å².